The Morgan fingerprint density at radius 2 is 2.00 bits per heavy atom. The van der Waals surface area contributed by atoms with Gasteiger partial charge in [0.25, 0.3) is 5.56 Å². The van der Waals surface area contributed by atoms with Gasteiger partial charge in [0.05, 0.1) is 0 Å². The standard InChI is InChI=1S/C15H17N3O2/c1-10-5-4-8-18(15(10)20)9-14(19)17-13-7-3-6-12(16)11(13)2/h3-8H,9,16H2,1-2H3,(H,17,19). The van der Waals surface area contributed by atoms with Crippen molar-refractivity contribution in [2.24, 2.45) is 0 Å². The van der Waals surface area contributed by atoms with Gasteiger partial charge in [-0.15, -0.1) is 0 Å². The summed E-state index contributed by atoms with van der Waals surface area (Å²) in [5, 5.41) is 2.77. The number of benzene rings is 1. The molecule has 0 saturated carbocycles. The Bertz CT molecular complexity index is 705. The number of nitrogen functional groups attached to an aromatic ring is 1. The first-order chi connectivity index (χ1) is 9.49. The molecule has 0 radical (unpaired) electrons. The van der Waals surface area contributed by atoms with Crippen LogP contribution >= 0.6 is 0 Å². The van der Waals surface area contributed by atoms with Crippen molar-refractivity contribution in [3.63, 3.8) is 0 Å². The van der Waals surface area contributed by atoms with Crippen molar-refractivity contribution >= 4 is 17.3 Å². The van der Waals surface area contributed by atoms with Crippen LogP contribution in [-0.2, 0) is 11.3 Å². The molecule has 2 rings (SSSR count). The van der Waals surface area contributed by atoms with Crippen molar-refractivity contribution in [1.29, 1.82) is 0 Å². The molecule has 0 fully saturated rings. The number of carbonyl (C=O) groups excluding carboxylic acids is 1. The van der Waals surface area contributed by atoms with Crippen LogP contribution in [0.5, 0.6) is 0 Å². The number of nitrogens with zero attached hydrogens (tertiary/aromatic N) is 1. The third-order valence-electron chi connectivity index (χ3n) is 3.17. The molecule has 2 aromatic rings. The lowest BCUT2D eigenvalue weighted by molar-refractivity contribution is -0.116. The van der Waals surface area contributed by atoms with Crippen LogP contribution < -0.4 is 16.6 Å². The molecular formula is C15H17N3O2. The van der Waals surface area contributed by atoms with Gasteiger partial charge in [-0.05, 0) is 37.6 Å². The first-order valence-electron chi connectivity index (χ1n) is 6.30. The lowest BCUT2D eigenvalue weighted by Crippen LogP contribution is -2.28. The summed E-state index contributed by atoms with van der Waals surface area (Å²) in [6, 6.07) is 8.80. The Kier molecular flexibility index (Phi) is 3.89. The maximum Gasteiger partial charge on any atom is 0.253 e. The first-order valence-corrected chi connectivity index (χ1v) is 6.30. The van der Waals surface area contributed by atoms with E-state index in [1.165, 1.54) is 4.57 Å². The van der Waals surface area contributed by atoms with Gasteiger partial charge in [-0.3, -0.25) is 9.59 Å². The summed E-state index contributed by atoms with van der Waals surface area (Å²) >= 11 is 0. The maximum atomic E-state index is 12.0. The molecule has 1 amide bonds. The van der Waals surface area contributed by atoms with Crippen LogP contribution in [0.4, 0.5) is 11.4 Å². The number of pyridine rings is 1. The SMILES string of the molecule is Cc1c(N)cccc1NC(=O)Cn1cccc(C)c1=O. The number of aryl methyl sites for hydroxylation is 1. The molecule has 104 valence electrons. The predicted molar refractivity (Wildman–Crippen MR) is 79.7 cm³/mol. The molecule has 0 aliphatic carbocycles. The number of hydrogen-bond acceptors (Lipinski definition) is 3. The zero-order valence-corrected chi connectivity index (χ0v) is 11.5. The van der Waals surface area contributed by atoms with Crippen molar-refractivity contribution in [2.45, 2.75) is 20.4 Å². The smallest absolute Gasteiger partial charge is 0.253 e. The highest BCUT2D eigenvalue weighted by Crippen LogP contribution is 2.20. The molecule has 20 heavy (non-hydrogen) atoms. The monoisotopic (exact) mass is 271 g/mol. The summed E-state index contributed by atoms with van der Waals surface area (Å²) < 4.78 is 1.38. The highest BCUT2D eigenvalue weighted by atomic mass is 16.2. The zero-order valence-electron chi connectivity index (χ0n) is 11.5. The Hall–Kier alpha value is -2.56. The topological polar surface area (TPSA) is 77.1 Å². The van der Waals surface area contributed by atoms with Crippen LogP contribution in [0.2, 0.25) is 0 Å². The van der Waals surface area contributed by atoms with Gasteiger partial charge >= 0.3 is 0 Å². The summed E-state index contributed by atoms with van der Waals surface area (Å²) in [7, 11) is 0. The minimum absolute atomic E-state index is 0.0191. The van der Waals surface area contributed by atoms with Crippen molar-refractivity contribution in [2.75, 3.05) is 11.1 Å². The average Bonchev–Trinajstić information content (AvgIpc) is 2.40. The normalized spacial score (nSPS) is 10.3. The quantitative estimate of drug-likeness (QED) is 0.834. The number of anilines is 2. The number of amides is 1. The van der Waals surface area contributed by atoms with Crippen molar-refractivity contribution < 1.29 is 4.79 Å². The summed E-state index contributed by atoms with van der Waals surface area (Å²) in [5.41, 5.74) is 8.34. The van der Waals surface area contributed by atoms with Crippen molar-refractivity contribution in [3.8, 4) is 0 Å². The fourth-order valence-corrected chi connectivity index (χ4v) is 1.91. The van der Waals surface area contributed by atoms with Crippen molar-refractivity contribution in [3.05, 3.63) is 58.0 Å². The van der Waals surface area contributed by atoms with Gasteiger partial charge in [0, 0.05) is 23.1 Å². The number of nitrogens with two attached hydrogens (primary N) is 1. The number of aromatic nitrogens is 1. The van der Waals surface area contributed by atoms with Gasteiger partial charge in [-0.1, -0.05) is 12.1 Å². The zero-order chi connectivity index (χ0) is 14.7. The van der Waals surface area contributed by atoms with E-state index >= 15 is 0 Å². The second kappa shape index (κ2) is 5.61. The minimum Gasteiger partial charge on any atom is -0.398 e. The first kappa shape index (κ1) is 13.9. The highest BCUT2D eigenvalue weighted by molar-refractivity contribution is 5.92. The Balaban J connectivity index is 2.15. The third kappa shape index (κ3) is 2.88. The minimum atomic E-state index is -0.258. The number of carbonyl (C=O) groups is 1. The Morgan fingerprint density at radius 1 is 1.25 bits per heavy atom. The molecule has 0 bridgehead atoms. The van der Waals surface area contributed by atoms with Gasteiger partial charge in [0.1, 0.15) is 6.54 Å². The molecule has 0 aliphatic rings. The summed E-state index contributed by atoms with van der Waals surface area (Å²) in [5.74, 6) is -0.258. The lowest BCUT2D eigenvalue weighted by Gasteiger charge is -2.11. The molecule has 1 heterocycles. The van der Waals surface area contributed by atoms with Crippen LogP contribution in [0.3, 0.4) is 0 Å². The molecule has 1 aromatic carbocycles. The predicted octanol–water partition coefficient (Wildman–Crippen LogP) is 1.69. The lowest BCUT2D eigenvalue weighted by atomic mass is 10.1. The number of nitrogens with one attached hydrogen (secondary N) is 1. The molecule has 5 nitrogen and oxygen atoms in total. The molecule has 0 spiro atoms. The van der Waals surface area contributed by atoms with Crippen molar-refractivity contribution in [1.82, 2.24) is 4.57 Å². The second-order valence-electron chi connectivity index (χ2n) is 4.69. The van der Waals surface area contributed by atoms with E-state index in [0.717, 1.165) is 5.56 Å². The Morgan fingerprint density at radius 3 is 2.75 bits per heavy atom. The second-order valence-corrected chi connectivity index (χ2v) is 4.69. The Labute approximate surface area is 117 Å². The number of hydrogen-bond donors (Lipinski definition) is 2. The average molecular weight is 271 g/mol. The fraction of sp³-hybridized carbons (Fsp3) is 0.200. The van der Waals surface area contributed by atoms with Crippen LogP contribution in [-0.4, -0.2) is 10.5 Å². The van der Waals surface area contributed by atoms with Crippen LogP contribution in [0.25, 0.3) is 0 Å². The summed E-state index contributed by atoms with van der Waals surface area (Å²) in [4.78, 5) is 23.8. The fourth-order valence-electron chi connectivity index (χ4n) is 1.91. The van der Waals surface area contributed by atoms with E-state index in [2.05, 4.69) is 5.32 Å². The molecule has 0 unspecified atom stereocenters. The highest BCUT2D eigenvalue weighted by Gasteiger charge is 2.08. The van der Waals surface area contributed by atoms with Gasteiger partial charge in [-0.25, -0.2) is 0 Å². The van der Waals surface area contributed by atoms with E-state index in [-0.39, 0.29) is 18.0 Å². The molecule has 5 heteroatoms. The van der Waals surface area contributed by atoms with E-state index in [4.69, 9.17) is 5.73 Å². The molecular weight excluding hydrogens is 254 g/mol. The van der Waals surface area contributed by atoms with Gasteiger partial charge in [0.15, 0.2) is 0 Å². The van der Waals surface area contributed by atoms with Gasteiger partial charge in [-0.2, -0.15) is 0 Å². The van der Waals surface area contributed by atoms with E-state index in [0.29, 0.717) is 16.9 Å². The summed E-state index contributed by atoms with van der Waals surface area (Å²) in [6.45, 7) is 3.54. The third-order valence-corrected chi connectivity index (χ3v) is 3.17. The van der Waals surface area contributed by atoms with Crippen LogP contribution in [0.15, 0.2) is 41.3 Å². The molecule has 0 aliphatic heterocycles. The van der Waals surface area contributed by atoms with Gasteiger partial charge < -0.3 is 15.6 Å². The molecule has 3 N–H and O–H groups in total. The molecule has 0 atom stereocenters. The van der Waals surface area contributed by atoms with E-state index in [1.807, 2.05) is 6.92 Å². The van der Waals surface area contributed by atoms with E-state index in [1.54, 1.807) is 43.5 Å². The van der Waals surface area contributed by atoms with E-state index in [9.17, 15) is 9.59 Å². The maximum absolute atomic E-state index is 12.0. The van der Waals surface area contributed by atoms with E-state index < -0.39 is 0 Å². The molecule has 1 aromatic heterocycles. The summed E-state index contributed by atoms with van der Waals surface area (Å²) in [6.07, 6.45) is 1.60. The largest absolute Gasteiger partial charge is 0.398 e. The van der Waals surface area contributed by atoms with Crippen LogP contribution in [0.1, 0.15) is 11.1 Å². The van der Waals surface area contributed by atoms with Gasteiger partial charge in [0.2, 0.25) is 5.91 Å². The van der Waals surface area contributed by atoms with Crippen LogP contribution in [0, 0.1) is 13.8 Å². The number of rotatable bonds is 3. The molecule has 0 saturated heterocycles.